The Kier molecular flexibility index (Phi) is 5.92. The second-order valence-corrected chi connectivity index (χ2v) is 9.37. The number of amides is 2. The molecule has 3 N–H and O–H groups in total. The van der Waals surface area contributed by atoms with Gasteiger partial charge in [-0.15, -0.1) is 0 Å². The first-order valence-electron chi connectivity index (χ1n) is 10.3. The van der Waals surface area contributed by atoms with Gasteiger partial charge >= 0.3 is 0 Å². The molecule has 1 aromatic carbocycles. The quantitative estimate of drug-likeness (QED) is 0.606. The van der Waals surface area contributed by atoms with E-state index in [1.807, 2.05) is 13.8 Å². The summed E-state index contributed by atoms with van der Waals surface area (Å²) in [6.45, 7) is 4.39. The van der Waals surface area contributed by atoms with E-state index >= 15 is 0 Å². The Hall–Kier alpha value is -1.90. The fourth-order valence-electron chi connectivity index (χ4n) is 4.90. The van der Waals surface area contributed by atoms with Gasteiger partial charge in [-0.05, 0) is 43.2 Å². The van der Waals surface area contributed by atoms with Crippen LogP contribution in [-0.4, -0.2) is 42.7 Å². The molecular weight excluding hydrogens is 413 g/mol. The van der Waals surface area contributed by atoms with Crippen LogP contribution in [0.15, 0.2) is 18.2 Å². The third kappa shape index (κ3) is 4.26. The molecule has 164 valence electrons. The van der Waals surface area contributed by atoms with Gasteiger partial charge in [-0.2, -0.15) is 0 Å². The van der Waals surface area contributed by atoms with Gasteiger partial charge < -0.3 is 15.4 Å². The predicted octanol–water partition coefficient (Wildman–Crippen LogP) is 2.19. The Morgan fingerprint density at radius 1 is 1.37 bits per heavy atom. The zero-order valence-corrected chi connectivity index (χ0v) is 17.8. The first-order valence-corrected chi connectivity index (χ1v) is 10.7. The summed E-state index contributed by atoms with van der Waals surface area (Å²) in [6.07, 6.45) is 2.29. The van der Waals surface area contributed by atoms with E-state index in [4.69, 9.17) is 21.2 Å². The molecule has 3 saturated carbocycles. The molecule has 9 heteroatoms. The molecule has 0 radical (unpaired) electrons. The van der Waals surface area contributed by atoms with Crippen molar-refractivity contribution in [1.29, 1.82) is 0 Å². The number of benzene rings is 1. The monoisotopic (exact) mass is 439 g/mol. The first kappa shape index (κ1) is 21.3. The molecule has 0 spiro atoms. The molecule has 7 nitrogen and oxygen atoms in total. The summed E-state index contributed by atoms with van der Waals surface area (Å²) in [4.78, 5) is 30.6. The molecule has 3 atom stereocenters. The molecule has 2 unspecified atom stereocenters. The summed E-state index contributed by atoms with van der Waals surface area (Å²) in [6, 6.07) is 4.06. The standard InChI is InChI=1S/C21H27ClFN3O4/c1-11(2)19-14(9-24-30-19)20(28)26-21-6-12(7-21)17(8-21)25-18(27)10-29-13-3-4-15(22)16(23)5-13/h3-5,11-12,14,17,19,24H,6-10H2,1-2H3,(H,25,27)(H,26,28)/t12?,14?,17-,19?,21?/m0/s1. The molecule has 0 aromatic heterocycles. The van der Waals surface area contributed by atoms with Gasteiger partial charge in [-0.1, -0.05) is 25.4 Å². The van der Waals surface area contributed by atoms with Crippen molar-refractivity contribution in [2.75, 3.05) is 13.2 Å². The van der Waals surface area contributed by atoms with Crippen molar-refractivity contribution in [1.82, 2.24) is 16.1 Å². The van der Waals surface area contributed by atoms with Crippen molar-refractivity contribution < 1.29 is 23.6 Å². The number of fused-ring (bicyclic) bond motifs is 1. The summed E-state index contributed by atoms with van der Waals surface area (Å²) in [5.74, 6) is -0.214. The Balaban J connectivity index is 1.25. The third-order valence-corrected chi connectivity index (χ3v) is 6.70. The van der Waals surface area contributed by atoms with E-state index in [1.54, 1.807) is 0 Å². The first-order chi connectivity index (χ1) is 14.3. The van der Waals surface area contributed by atoms with Crippen LogP contribution in [0.1, 0.15) is 33.1 Å². The van der Waals surface area contributed by atoms with Crippen LogP contribution in [-0.2, 0) is 14.4 Å². The number of hydroxylamine groups is 1. The lowest BCUT2D eigenvalue weighted by Crippen LogP contribution is -2.55. The van der Waals surface area contributed by atoms with E-state index in [-0.39, 0.29) is 58.7 Å². The number of nitrogens with one attached hydrogen (secondary N) is 3. The maximum atomic E-state index is 13.5. The van der Waals surface area contributed by atoms with Gasteiger partial charge in [0, 0.05) is 24.2 Å². The van der Waals surface area contributed by atoms with Crippen LogP contribution >= 0.6 is 11.6 Å². The summed E-state index contributed by atoms with van der Waals surface area (Å²) in [5.41, 5.74) is 2.60. The number of hydrogen-bond donors (Lipinski definition) is 3. The highest BCUT2D eigenvalue weighted by Crippen LogP contribution is 2.52. The number of ether oxygens (including phenoxy) is 1. The van der Waals surface area contributed by atoms with Gasteiger partial charge in [0.1, 0.15) is 11.6 Å². The molecule has 4 fully saturated rings. The van der Waals surface area contributed by atoms with Gasteiger partial charge in [0.25, 0.3) is 5.91 Å². The normalized spacial score (nSPS) is 32.0. The van der Waals surface area contributed by atoms with Crippen LogP contribution in [0.2, 0.25) is 5.02 Å². The maximum absolute atomic E-state index is 13.5. The van der Waals surface area contributed by atoms with Gasteiger partial charge in [0.2, 0.25) is 5.91 Å². The Labute approximate surface area is 180 Å². The minimum atomic E-state index is -0.591. The molecule has 3 aliphatic carbocycles. The van der Waals surface area contributed by atoms with Crippen LogP contribution in [0.3, 0.4) is 0 Å². The molecule has 1 aliphatic heterocycles. The van der Waals surface area contributed by atoms with Crippen LogP contribution in [0, 0.1) is 23.6 Å². The van der Waals surface area contributed by atoms with Crippen molar-refractivity contribution in [3.05, 3.63) is 29.0 Å². The van der Waals surface area contributed by atoms with Gasteiger partial charge in [-0.3, -0.25) is 14.4 Å². The fraction of sp³-hybridized carbons (Fsp3) is 0.619. The molecule has 5 rings (SSSR count). The van der Waals surface area contributed by atoms with E-state index in [2.05, 4.69) is 16.1 Å². The lowest BCUT2D eigenvalue weighted by molar-refractivity contribution is -0.130. The number of hydrogen-bond acceptors (Lipinski definition) is 5. The zero-order chi connectivity index (χ0) is 21.5. The maximum Gasteiger partial charge on any atom is 0.258 e. The van der Waals surface area contributed by atoms with Crippen molar-refractivity contribution in [3.8, 4) is 5.75 Å². The zero-order valence-electron chi connectivity index (χ0n) is 17.0. The highest BCUT2D eigenvalue weighted by molar-refractivity contribution is 6.30. The summed E-state index contributed by atoms with van der Waals surface area (Å²) >= 11 is 5.64. The molecule has 1 heterocycles. The van der Waals surface area contributed by atoms with Gasteiger partial charge in [-0.25, -0.2) is 9.87 Å². The van der Waals surface area contributed by atoms with E-state index in [0.717, 1.165) is 18.9 Å². The molecule has 30 heavy (non-hydrogen) atoms. The van der Waals surface area contributed by atoms with Crippen molar-refractivity contribution in [2.24, 2.45) is 17.8 Å². The topological polar surface area (TPSA) is 88.7 Å². The van der Waals surface area contributed by atoms with Crippen LogP contribution in [0.5, 0.6) is 5.75 Å². The average Bonchev–Trinajstić information content (AvgIpc) is 3.35. The Morgan fingerprint density at radius 2 is 2.13 bits per heavy atom. The Morgan fingerprint density at radius 3 is 2.83 bits per heavy atom. The average molecular weight is 440 g/mol. The lowest BCUT2D eigenvalue weighted by Gasteiger charge is -2.40. The van der Waals surface area contributed by atoms with Crippen LogP contribution < -0.4 is 20.9 Å². The minimum absolute atomic E-state index is 0.00204. The second-order valence-electron chi connectivity index (χ2n) is 8.96. The van der Waals surface area contributed by atoms with Crippen molar-refractivity contribution >= 4 is 23.4 Å². The SMILES string of the molecule is CC(C)C1ONCC1C(=O)NC12CC(C1)[C@@H](NC(=O)COc1ccc(Cl)c(F)c1)C2. The number of carbonyl (C=O) groups is 2. The number of halogens is 2. The molecule has 2 bridgehead atoms. The van der Waals surface area contributed by atoms with E-state index in [1.165, 1.54) is 12.1 Å². The highest BCUT2D eigenvalue weighted by Gasteiger charge is 2.57. The third-order valence-electron chi connectivity index (χ3n) is 6.39. The minimum Gasteiger partial charge on any atom is -0.484 e. The van der Waals surface area contributed by atoms with E-state index in [0.29, 0.717) is 18.9 Å². The van der Waals surface area contributed by atoms with Crippen LogP contribution in [0.4, 0.5) is 4.39 Å². The molecular formula is C21H27ClFN3O4. The van der Waals surface area contributed by atoms with Crippen molar-refractivity contribution in [3.63, 3.8) is 0 Å². The fourth-order valence-corrected chi connectivity index (χ4v) is 5.02. The molecule has 4 aliphatic rings. The molecule has 1 aromatic rings. The molecule has 2 amide bonds. The molecule has 1 saturated heterocycles. The number of carbonyl (C=O) groups excluding carboxylic acids is 2. The lowest BCUT2D eigenvalue weighted by atomic mass is 9.76. The van der Waals surface area contributed by atoms with Gasteiger partial charge in [0.05, 0.1) is 17.0 Å². The van der Waals surface area contributed by atoms with Crippen LogP contribution in [0.25, 0.3) is 0 Å². The Bertz CT molecular complexity index is 830. The summed E-state index contributed by atoms with van der Waals surface area (Å²) < 4.78 is 18.8. The highest BCUT2D eigenvalue weighted by atomic mass is 35.5. The van der Waals surface area contributed by atoms with Crippen molar-refractivity contribution in [2.45, 2.75) is 50.8 Å². The number of rotatable bonds is 7. The largest absolute Gasteiger partial charge is 0.484 e. The summed E-state index contributed by atoms with van der Waals surface area (Å²) in [5, 5.41) is 6.22. The smallest absolute Gasteiger partial charge is 0.258 e. The second kappa shape index (κ2) is 8.32. The van der Waals surface area contributed by atoms with Gasteiger partial charge in [0.15, 0.2) is 6.61 Å². The summed E-state index contributed by atoms with van der Waals surface area (Å²) in [7, 11) is 0. The predicted molar refractivity (Wildman–Crippen MR) is 108 cm³/mol. The van der Waals surface area contributed by atoms with E-state index in [9.17, 15) is 14.0 Å². The van der Waals surface area contributed by atoms with E-state index < -0.39 is 5.82 Å².